The summed E-state index contributed by atoms with van der Waals surface area (Å²) in [6, 6.07) is 15.8. The molecule has 6 heteroatoms. The van der Waals surface area contributed by atoms with Crippen molar-refractivity contribution >= 4 is 28.3 Å². The summed E-state index contributed by atoms with van der Waals surface area (Å²) in [4.78, 5) is 23.8. The van der Waals surface area contributed by atoms with Gasteiger partial charge in [0.1, 0.15) is 23.1 Å². The molecule has 0 bridgehead atoms. The van der Waals surface area contributed by atoms with Gasteiger partial charge in [-0.3, -0.25) is 14.9 Å². The number of nitrogens with zero attached hydrogens (tertiary/aromatic N) is 1. The zero-order valence-electron chi connectivity index (χ0n) is 15.7. The molecule has 0 saturated carbocycles. The minimum atomic E-state index is -0.303. The molecule has 28 heavy (non-hydrogen) atoms. The number of carbonyl (C=O) groups is 2. The lowest BCUT2D eigenvalue weighted by Crippen LogP contribution is -2.13. The fourth-order valence-corrected chi connectivity index (χ4v) is 3.03. The Morgan fingerprint density at radius 1 is 1.18 bits per heavy atom. The van der Waals surface area contributed by atoms with Crippen LogP contribution >= 0.6 is 0 Å². The molecule has 0 spiro atoms. The molecule has 1 aromatic heterocycles. The Bertz CT molecular complexity index is 1080. The fraction of sp³-hybridized carbons (Fsp3) is 0.227. The predicted octanol–water partition coefficient (Wildman–Crippen LogP) is 4.61. The van der Waals surface area contributed by atoms with Crippen molar-refractivity contribution in [2.24, 2.45) is 0 Å². The summed E-state index contributed by atoms with van der Waals surface area (Å²) in [5, 5.41) is 14.1. The first-order valence-corrected chi connectivity index (χ1v) is 8.95. The van der Waals surface area contributed by atoms with Crippen molar-refractivity contribution in [2.45, 2.75) is 26.7 Å². The van der Waals surface area contributed by atoms with E-state index in [0.29, 0.717) is 18.8 Å². The molecule has 1 amide bonds. The van der Waals surface area contributed by atoms with E-state index in [1.807, 2.05) is 48.5 Å². The normalized spacial score (nSPS) is 10.5. The second kappa shape index (κ2) is 8.40. The van der Waals surface area contributed by atoms with Crippen LogP contribution in [0.2, 0.25) is 0 Å². The van der Waals surface area contributed by atoms with Gasteiger partial charge in [0.15, 0.2) is 5.78 Å². The number of hydrogen-bond acceptors (Lipinski definition) is 5. The third-order valence-electron chi connectivity index (χ3n) is 4.34. The molecule has 1 N–H and O–H groups in total. The van der Waals surface area contributed by atoms with E-state index >= 15 is 0 Å². The first-order valence-electron chi connectivity index (χ1n) is 8.95. The Morgan fingerprint density at radius 3 is 2.64 bits per heavy atom. The fourth-order valence-electron chi connectivity index (χ4n) is 3.03. The van der Waals surface area contributed by atoms with E-state index in [-0.39, 0.29) is 35.1 Å². The summed E-state index contributed by atoms with van der Waals surface area (Å²) in [7, 11) is 0. The molecule has 0 atom stereocenters. The molecule has 0 aliphatic carbocycles. The van der Waals surface area contributed by atoms with Crippen molar-refractivity contribution in [2.75, 3.05) is 11.9 Å². The predicted molar refractivity (Wildman–Crippen MR) is 105 cm³/mol. The number of nitriles is 1. The van der Waals surface area contributed by atoms with Gasteiger partial charge in [-0.2, -0.15) is 5.26 Å². The van der Waals surface area contributed by atoms with Crippen LogP contribution in [0.4, 0.5) is 5.88 Å². The van der Waals surface area contributed by atoms with Gasteiger partial charge in [-0.1, -0.05) is 30.3 Å². The molecule has 2 aromatic carbocycles. The minimum absolute atomic E-state index is 0.0191. The number of hydrogen-bond donors (Lipinski definition) is 1. The lowest BCUT2D eigenvalue weighted by atomic mass is 10.1. The van der Waals surface area contributed by atoms with E-state index in [9.17, 15) is 14.9 Å². The molecular weight excluding hydrogens is 356 g/mol. The Morgan fingerprint density at radius 2 is 1.93 bits per heavy atom. The van der Waals surface area contributed by atoms with E-state index in [1.165, 1.54) is 6.92 Å². The van der Waals surface area contributed by atoms with Gasteiger partial charge in [-0.15, -0.1) is 0 Å². The standard InChI is InChI=1S/C22H20N2O4/c1-14(25)21-15(2)28-22(19(21)13-23)24-20(26)8-5-11-27-18-10-9-16-6-3-4-7-17(16)12-18/h3-4,6-7,9-10,12H,5,8,11H2,1-2H3,(H,24,26). The Labute approximate surface area is 162 Å². The summed E-state index contributed by atoms with van der Waals surface area (Å²) in [6.45, 7) is 3.33. The maximum absolute atomic E-state index is 12.1. The van der Waals surface area contributed by atoms with Gasteiger partial charge in [0, 0.05) is 6.42 Å². The average Bonchev–Trinajstić information content (AvgIpc) is 3.00. The number of furan rings is 1. The van der Waals surface area contributed by atoms with Crippen LogP contribution in [0.1, 0.15) is 41.4 Å². The van der Waals surface area contributed by atoms with Crippen molar-refractivity contribution in [3.05, 3.63) is 59.4 Å². The van der Waals surface area contributed by atoms with Crippen LogP contribution in [0.15, 0.2) is 46.9 Å². The van der Waals surface area contributed by atoms with E-state index in [4.69, 9.17) is 9.15 Å². The van der Waals surface area contributed by atoms with Crippen molar-refractivity contribution in [3.63, 3.8) is 0 Å². The number of anilines is 1. The van der Waals surface area contributed by atoms with Crippen molar-refractivity contribution in [1.82, 2.24) is 0 Å². The highest BCUT2D eigenvalue weighted by Gasteiger charge is 2.22. The molecule has 3 aromatic rings. The zero-order chi connectivity index (χ0) is 20.1. The number of ether oxygens (including phenoxy) is 1. The number of carbonyl (C=O) groups excluding carboxylic acids is 2. The first kappa shape index (κ1) is 19.2. The summed E-state index contributed by atoms with van der Waals surface area (Å²) in [5.41, 5.74) is 0.267. The van der Waals surface area contributed by atoms with Gasteiger partial charge < -0.3 is 9.15 Å². The van der Waals surface area contributed by atoms with Gasteiger partial charge in [0.05, 0.1) is 12.2 Å². The summed E-state index contributed by atoms with van der Waals surface area (Å²) in [5.74, 6) is 0.507. The van der Waals surface area contributed by atoms with Crippen LogP contribution in [0.3, 0.4) is 0 Å². The van der Waals surface area contributed by atoms with Gasteiger partial charge in [0.2, 0.25) is 11.8 Å². The van der Waals surface area contributed by atoms with Crippen molar-refractivity contribution < 1.29 is 18.7 Å². The van der Waals surface area contributed by atoms with Gasteiger partial charge in [-0.05, 0) is 43.2 Å². The number of fused-ring (bicyclic) bond motifs is 1. The minimum Gasteiger partial charge on any atom is -0.494 e. The van der Waals surface area contributed by atoms with E-state index in [2.05, 4.69) is 5.32 Å². The topological polar surface area (TPSA) is 92.3 Å². The monoisotopic (exact) mass is 376 g/mol. The van der Waals surface area contributed by atoms with E-state index in [1.54, 1.807) is 6.92 Å². The lowest BCUT2D eigenvalue weighted by molar-refractivity contribution is -0.116. The van der Waals surface area contributed by atoms with Crippen LogP contribution < -0.4 is 10.1 Å². The van der Waals surface area contributed by atoms with E-state index < -0.39 is 0 Å². The number of nitrogens with one attached hydrogen (secondary N) is 1. The Kier molecular flexibility index (Phi) is 5.75. The highest BCUT2D eigenvalue weighted by molar-refractivity contribution is 6.00. The number of Topliss-reactive ketones (excluding diaryl/α,β-unsaturated/α-hetero) is 1. The van der Waals surface area contributed by atoms with Crippen LogP contribution in [0, 0.1) is 18.3 Å². The maximum atomic E-state index is 12.1. The van der Waals surface area contributed by atoms with Gasteiger partial charge in [0.25, 0.3) is 0 Å². The molecule has 0 aliphatic rings. The third kappa shape index (κ3) is 4.21. The SMILES string of the molecule is CC(=O)c1c(C)oc(NC(=O)CCCOc2ccc3ccccc3c2)c1C#N. The largest absolute Gasteiger partial charge is 0.494 e. The van der Waals surface area contributed by atoms with Gasteiger partial charge >= 0.3 is 0 Å². The molecule has 3 rings (SSSR count). The van der Waals surface area contributed by atoms with Gasteiger partial charge in [-0.25, -0.2) is 0 Å². The third-order valence-corrected chi connectivity index (χ3v) is 4.34. The van der Waals surface area contributed by atoms with Crippen LogP contribution in [-0.4, -0.2) is 18.3 Å². The number of aryl methyl sites for hydroxylation is 1. The molecular formula is C22H20N2O4. The van der Waals surface area contributed by atoms with E-state index in [0.717, 1.165) is 16.5 Å². The zero-order valence-corrected chi connectivity index (χ0v) is 15.7. The second-order valence-electron chi connectivity index (χ2n) is 6.41. The van der Waals surface area contributed by atoms with Crippen LogP contribution in [0.5, 0.6) is 5.75 Å². The smallest absolute Gasteiger partial charge is 0.226 e. The van der Waals surface area contributed by atoms with Crippen molar-refractivity contribution in [3.8, 4) is 11.8 Å². The first-order chi connectivity index (χ1) is 13.5. The quantitative estimate of drug-likeness (QED) is 0.480. The number of rotatable bonds is 7. The molecule has 0 unspecified atom stereocenters. The van der Waals surface area contributed by atoms with Crippen molar-refractivity contribution in [1.29, 1.82) is 5.26 Å². The molecule has 0 saturated heterocycles. The van der Waals surface area contributed by atoms with Crippen LogP contribution in [-0.2, 0) is 4.79 Å². The molecule has 0 aliphatic heterocycles. The molecule has 0 fully saturated rings. The summed E-state index contributed by atoms with van der Waals surface area (Å²) in [6.07, 6.45) is 0.702. The molecule has 0 radical (unpaired) electrons. The highest BCUT2D eigenvalue weighted by atomic mass is 16.5. The molecule has 1 heterocycles. The summed E-state index contributed by atoms with van der Waals surface area (Å²) < 4.78 is 11.1. The molecule has 6 nitrogen and oxygen atoms in total. The number of amides is 1. The highest BCUT2D eigenvalue weighted by Crippen LogP contribution is 2.27. The maximum Gasteiger partial charge on any atom is 0.226 e. The Hall–Kier alpha value is -3.59. The second-order valence-corrected chi connectivity index (χ2v) is 6.41. The Balaban J connectivity index is 1.53. The number of ketones is 1. The lowest BCUT2D eigenvalue weighted by Gasteiger charge is -2.07. The number of benzene rings is 2. The molecule has 142 valence electrons. The van der Waals surface area contributed by atoms with Crippen LogP contribution in [0.25, 0.3) is 10.8 Å². The average molecular weight is 376 g/mol. The summed E-state index contributed by atoms with van der Waals surface area (Å²) >= 11 is 0.